The molecule has 1 heterocycles. The van der Waals surface area contributed by atoms with E-state index in [0.29, 0.717) is 5.76 Å². The van der Waals surface area contributed by atoms with Crippen LogP contribution in [-0.2, 0) is 6.54 Å². The number of benzene rings is 1. The van der Waals surface area contributed by atoms with Crippen LogP contribution in [-0.4, -0.2) is 23.0 Å². The van der Waals surface area contributed by atoms with Gasteiger partial charge in [0.25, 0.3) is 5.69 Å². The van der Waals surface area contributed by atoms with Crippen molar-refractivity contribution >= 4 is 17.3 Å². The van der Waals surface area contributed by atoms with Crippen LogP contribution >= 0.6 is 0 Å². The van der Waals surface area contributed by atoms with Crippen LogP contribution < -0.4 is 4.90 Å². The zero-order valence-electron chi connectivity index (χ0n) is 10.6. The van der Waals surface area contributed by atoms with E-state index in [4.69, 9.17) is 4.42 Å². The summed E-state index contributed by atoms with van der Waals surface area (Å²) < 4.78 is 5.17. The van der Waals surface area contributed by atoms with Gasteiger partial charge in [0.2, 0.25) is 0 Å². The topological polar surface area (TPSA) is 96.8 Å². The minimum atomic E-state index is -1.21. The molecule has 1 N–H and O–H groups in total. The second-order valence-electron chi connectivity index (χ2n) is 4.17. The number of hydrogen-bond acceptors (Lipinski definition) is 5. The van der Waals surface area contributed by atoms with Gasteiger partial charge in [-0.3, -0.25) is 10.1 Å². The lowest BCUT2D eigenvalue weighted by molar-refractivity contribution is -0.384. The van der Waals surface area contributed by atoms with E-state index in [2.05, 4.69) is 0 Å². The Hall–Kier alpha value is -2.83. The number of nitrogens with zero attached hydrogens (tertiary/aromatic N) is 2. The van der Waals surface area contributed by atoms with Crippen LogP contribution in [0.25, 0.3) is 0 Å². The number of anilines is 1. The fourth-order valence-electron chi connectivity index (χ4n) is 1.97. The number of hydrogen-bond donors (Lipinski definition) is 1. The number of carbonyl (C=O) groups is 1. The van der Waals surface area contributed by atoms with Crippen LogP contribution in [0, 0.1) is 10.1 Å². The molecule has 0 unspecified atom stereocenters. The number of carboxylic acids is 1. The second-order valence-corrected chi connectivity index (χ2v) is 4.17. The van der Waals surface area contributed by atoms with E-state index in [1.54, 1.807) is 19.2 Å². The van der Waals surface area contributed by atoms with Gasteiger partial charge >= 0.3 is 5.97 Å². The van der Waals surface area contributed by atoms with Crippen LogP contribution in [0.3, 0.4) is 0 Å². The molecule has 104 valence electrons. The summed E-state index contributed by atoms with van der Waals surface area (Å²) in [5.74, 6) is -0.628. The highest BCUT2D eigenvalue weighted by atomic mass is 16.6. The van der Waals surface area contributed by atoms with Crippen molar-refractivity contribution in [3.05, 3.63) is 58.0 Å². The fraction of sp³-hybridized carbons (Fsp3) is 0.154. The molecule has 1 aromatic carbocycles. The standard InChI is InChI=1S/C13H12N2O5/c1-14(8-9-4-3-7-20-9)12-10(13(16)17)5-2-6-11(12)15(18)19/h2-7H,8H2,1H3,(H,16,17). The van der Waals surface area contributed by atoms with E-state index in [1.807, 2.05) is 0 Å². The summed E-state index contributed by atoms with van der Waals surface area (Å²) in [6, 6.07) is 7.38. The van der Waals surface area contributed by atoms with Crippen molar-refractivity contribution in [1.82, 2.24) is 0 Å². The molecule has 0 saturated heterocycles. The first-order chi connectivity index (χ1) is 9.50. The lowest BCUT2D eigenvalue weighted by Crippen LogP contribution is -2.20. The highest BCUT2D eigenvalue weighted by Gasteiger charge is 2.24. The third kappa shape index (κ3) is 2.61. The highest BCUT2D eigenvalue weighted by molar-refractivity contribution is 5.97. The van der Waals surface area contributed by atoms with Crippen molar-refractivity contribution in [2.24, 2.45) is 0 Å². The Balaban J connectivity index is 2.46. The molecule has 0 amide bonds. The minimum absolute atomic E-state index is 0.0569. The highest BCUT2D eigenvalue weighted by Crippen LogP contribution is 2.32. The maximum atomic E-state index is 11.2. The number of carboxylic acid groups (broad SMARTS) is 1. The van der Waals surface area contributed by atoms with E-state index < -0.39 is 10.9 Å². The molecule has 0 aliphatic heterocycles. The smallest absolute Gasteiger partial charge is 0.338 e. The van der Waals surface area contributed by atoms with Crippen molar-refractivity contribution in [2.75, 3.05) is 11.9 Å². The summed E-state index contributed by atoms with van der Waals surface area (Å²) in [6.45, 7) is 0.234. The van der Waals surface area contributed by atoms with Crippen molar-refractivity contribution in [2.45, 2.75) is 6.54 Å². The summed E-state index contributed by atoms with van der Waals surface area (Å²) >= 11 is 0. The number of aromatic carboxylic acids is 1. The molecular formula is C13H12N2O5. The molecule has 20 heavy (non-hydrogen) atoms. The average molecular weight is 276 g/mol. The van der Waals surface area contributed by atoms with Crippen LogP contribution in [0.15, 0.2) is 41.0 Å². The van der Waals surface area contributed by atoms with Crippen molar-refractivity contribution in [3.63, 3.8) is 0 Å². The van der Waals surface area contributed by atoms with Gasteiger partial charge in [-0.25, -0.2) is 4.79 Å². The van der Waals surface area contributed by atoms with Crippen LogP contribution in [0.4, 0.5) is 11.4 Å². The van der Waals surface area contributed by atoms with Gasteiger partial charge in [0.05, 0.1) is 23.3 Å². The largest absolute Gasteiger partial charge is 0.478 e. The third-order valence-corrected chi connectivity index (χ3v) is 2.80. The molecule has 0 radical (unpaired) electrons. The van der Waals surface area contributed by atoms with Gasteiger partial charge < -0.3 is 14.4 Å². The zero-order valence-corrected chi connectivity index (χ0v) is 10.6. The van der Waals surface area contributed by atoms with Gasteiger partial charge in [0.15, 0.2) is 0 Å². The Kier molecular flexibility index (Phi) is 3.69. The molecule has 0 saturated carbocycles. The summed E-state index contributed by atoms with van der Waals surface area (Å²) in [6.07, 6.45) is 1.49. The van der Waals surface area contributed by atoms with Gasteiger partial charge in [0, 0.05) is 13.1 Å². The predicted molar refractivity (Wildman–Crippen MR) is 70.9 cm³/mol. The average Bonchev–Trinajstić information content (AvgIpc) is 2.90. The Labute approximate surface area is 114 Å². The monoisotopic (exact) mass is 276 g/mol. The molecule has 0 bridgehead atoms. The number of furan rings is 1. The molecule has 0 spiro atoms. The van der Waals surface area contributed by atoms with E-state index in [-0.39, 0.29) is 23.5 Å². The Morgan fingerprint density at radius 3 is 2.70 bits per heavy atom. The number of nitro groups is 1. The van der Waals surface area contributed by atoms with E-state index in [1.165, 1.54) is 29.4 Å². The molecule has 0 aliphatic rings. The van der Waals surface area contributed by atoms with E-state index >= 15 is 0 Å². The maximum Gasteiger partial charge on any atom is 0.338 e. The minimum Gasteiger partial charge on any atom is -0.478 e. The first-order valence-corrected chi connectivity index (χ1v) is 5.75. The van der Waals surface area contributed by atoms with Crippen LogP contribution in [0.2, 0.25) is 0 Å². The molecule has 2 aromatic rings. The van der Waals surface area contributed by atoms with Gasteiger partial charge in [-0.15, -0.1) is 0 Å². The van der Waals surface area contributed by atoms with E-state index in [0.717, 1.165) is 0 Å². The zero-order chi connectivity index (χ0) is 14.7. The number of para-hydroxylation sites is 1. The van der Waals surface area contributed by atoms with Crippen molar-refractivity contribution in [1.29, 1.82) is 0 Å². The van der Waals surface area contributed by atoms with Gasteiger partial charge in [0.1, 0.15) is 11.4 Å². The second kappa shape index (κ2) is 5.43. The molecule has 0 aliphatic carbocycles. The fourth-order valence-corrected chi connectivity index (χ4v) is 1.97. The predicted octanol–water partition coefficient (Wildman–Crippen LogP) is 2.52. The van der Waals surface area contributed by atoms with Crippen molar-refractivity contribution < 1.29 is 19.2 Å². The van der Waals surface area contributed by atoms with Crippen LogP contribution in [0.1, 0.15) is 16.1 Å². The Morgan fingerprint density at radius 2 is 2.15 bits per heavy atom. The number of rotatable bonds is 5. The number of nitro benzene ring substituents is 1. The molecule has 7 heteroatoms. The molecule has 2 rings (SSSR count). The normalized spacial score (nSPS) is 10.2. The molecule has 7 nitrogen and oxygen atoms in total. The van der Waals surface area contributed by atoms with Crippen LogP contribution in [0.5, 0.6) is 0 Å². The Bertz CT molecular complexity index is 604. The summed E-state index contributed by atoms with van der Waals surface area (Å²) in [5.41, 5.74) is -0.311. The summed E-state index contributed by atoms with van der Waals surface area (Å²) in [7, 11) is 1.58. The van der Waals surface area contributed by atoms with Gasteiger partial charge in [-0.2, -0.15) is 0 Å². The van der Waals surface area contributed by atoms with E-state index in [9.17, 15) is 20.0 Å². The SMILES string of the molecule is CN(Cc1ccco1)c1c(C(=O)O)cccc1[N+](=O)[O-]. The van der Waals surface area contributed by atoms with Crippen molar-refractivity contribution in [3.8, 4) is 0 Å². The lowest BCUT2D eigenvalue weighted by atomic mass is 10.1. The lowest BCUT2D eigenvalue weighted by Gasteiger charge is -2.19. The molecule has 0 fully saturated rings. The maximum absolute atomic E-state index is 11.2. The molecular weight excluding hydrogens is 264 g/mol. The van der Waals surface area contributed by atoms with Gasteiger partial charge in [-0.1, -0.05) is 6.07 Å². The third-order valence-electron chi connectivity index (χ3n) is 2.80. The first kappa shape index (κ1) is 13.6. The summed E-state index contributed by atoms with van der Waals surface area (Å²) in [5, 5.41) is 20.2. The first-order valence-electron chi connectivity index (χ1n) is 5.75. The molecule has 1 aromatic heterocycles. The Morgan fingerprint density at radius 1 is 1.40 bits per heavy atom. The molecule has 0 atom stereocenters. The quantitative estimate of drug-likeness (QED) is 0.665. The van der Waals surface area contributed by atoms with Gasteiger partial charge in [-0.05, 0) is 18.2 Å². The summed E-state index contributed by atoms with van der Waals surface area (Å²) in [4.78, 5) is 23.2.